The van der Waals surface area contributed by atoms with Gasteiger partial charge in [-0.05, 0) is 46.3 Å². The van der Waals surface area contributed by atoms with E-state index >= 15 is 0 Å². The van der Waals surface area contributed by atoms with E-state index in [2.05, 4.69) is 31.1 Å². The number of nitrogens with one attached hydrogen (secondary N) is 2. The number of anilines is 2. The maximum absolute atomic E-state index is 12.4. The van der Waals surface area contributed by atoms with Gasteiger partial charge in [-0.1, -0.05) is 23.9 Å². The molecular formula is C18H15N7O2S3. The van der Waals surface area contributed by atoms with E-state index in [1.807, 2.05) is 29.8 Å². The van der Waals surface area contributed by atoms with Crippen LogP contribution in [0, 0.1) is 0 Å². The second kappa shape index (κ2) is 9.15. The Morgan fingerprint density at radius 2 is 2.07 bits per heavy atom. The molecule has 9 nitrogen and oxygen atoms in total. The number of carbonyl (C=O) groups excluding carboxylic acids is 2. The maximum Gasteiger partial charge on any atom is 0.267 e. The Bertz CT molecular complexity index is 1170. The fraction of sp³-hybridized carbons (Fsp3) is 0.111. The summed E-state index contributed by atoms with van der Waals surface area (Å²) in [5.74, 6) is -0.422. The molecule has 0 aliphatic carbocycles. The van der Waals surface area contributed by atoms with Crippen molar-refractivity contribution in [2.75, 3.05) is 16.9 Å². The Labute approximate surface area is 183 Å². The Morgan fingerprint density at radius 3 is 2.87 bits per heavy atom. The summed E-state index contributed by atoms with van der Waals surface area (Å²) < 4.78 is 1.60. The molecule has 4 aromatic rings. The molecule has 0 bridgehead atoms. The number of thiazole rings is 1. The summed E-state index contributed by atoms with van der Waals surface area (Å²) in [4.78, 5) is 29.5. The first kappa shape index (κ1) is 20.2. The smallest absolute Gasteiger partial charge is 0.267 e. The molecule has 0 aliphatic heterocycles. The average molecular weight is 458 g/mol. The SMILES string of the molecule is CSc1nnnn1-c1cccc(NC(=O)Cc2csc(NC(=O)c3cccs3)n2)c1. The predicted molar refractivity (Wildman–Crippen MR) is 118 cm³/mol. The van der Waals surface area contributed by atoms with Crippen LogP contribution in [-0.4, -0.2) is 43.3 Å². The van der Waals surface area contributed by atoms with E-state index in [4.69, 9.17) is 0 Å². The van der Waals surface area contributed by atoms with Crippen LogP contribution in [-0.2, 0) is 11.2 Å². The number of hydrogen-bond donors (Lipinski definition) is 2. The minimum Gasteiger partial charge on any atom is -0.326 e. The number of amides is 2. The number of hydrogen-bond acceptors (Lipinski definition) is 9. The average Bonchev–Trinajstić information content (AvgIpc) is 3.50. The fourth-order valence-corrected chi connectivity index (χ4v) is 4.32. The molecule has 0 fully saturated rings. The van der Waals surface area contributed by atoms with Gasteiger partial charge in [-0.2, -0.15) is 4.68 Å². The molecule has 0 unspecified atom stereocenters. The van der Waals surface area contributed by atoms with Gasteiger partial charge >= 0.3 is 0 Å². The number of carbonyl (C=O) groups is 2. The third kappa shape index (κ3) is 4.72. The van der Waals surface area contributed by atoms with Crippen molar-refractivity contribution >= 4 is 57.1 Å². The third-order valence-electron chi connectivity index (χ3n) is 3.86. The van der Waals surface area contributed by atoms with E-state index in [1.54, 1.807) is 28.3 Å². The van der Waals surface area contributed by atoms with Crippen molar-refractivity contribution in [3.63, 3.8) is 0 Å². The highest BCUT2D eigenvalue weighted by Crippen LogP contribution is 2.20. The standard InChI is InChI=1S/C18H15N7O2S3/c1-28-18-22-23-24-25(18)13-5-2-4-11(8-13)19-15(26)9-12-10-30-17(20-12)21-16(27)14-6-3-7-29-14/h2-8,10H,9H2,1H3,(H,19,26)(H,20,21,27). The number of thioether (sulfide) groups is 1. The van der Waals surface area contributed by atoms with Crippen LogP contribution in [0.4, 0.5) is 10.8 Å². The van der Waals surface area contributed by atoms with Crippen molar-refractivity contribution in [3.8, 4) is 5.69 Å². The van der Waals surface area contributed by atoms with Gasteiger partial charge < -0.3 is 5.32 Å². The molecule has 0 atom stereocenters. The number of benzene rings is 1. The molecule has 0 saturated heterocycles. The molecule has 30 heavy (non-hydrogen) atoms. The first-order valence-corrected chi connectivity index (χ1v) is 11.6. The molecule has 12 heteroatoms. The molecule has 4 rings (SSSR count). The quantitative estimate of drug-likeness (QED) is 0.409. The monoisotopic (exact) mass is 457 g/mol. The van der Waals surface area contributed by atoms with Crippen molar-refractivity contribution in [3.05, 3.63) is 57.7 Å². The molecule has 0 radical (unpaired) electrons. The Hall–Kier alpha value is -3.09. The van der Waals surface area contributed by atoms with Crippen LogP contribution in [0.1, 0.15) is 15.4 Å². The highest BCUT2D eigenvalue weighted by molar-refractivity contribution is 7.98. The lowest BCUT2D eigenvalue weighted by Gasteiger charge is -2.07. The molecule has 0 aliphatic rings. The number of nitrogens with zero attached hydrogens (tertiary/aromatic N) is 5. The van der Waals surface area contributed by atoms with E-state index in [-0.39, 0.29) is 18.2 Å². The zero-order chi connectivity index (χ0) is 20.9. The summed E-state index contributed by atoms with van der Waals surface area (Å²) in [5, 5.41) is 21.9. The van der Waals surface area contributed by atoms with Crippen LogP contribution in [0.2, 0.25) is 0 Å². The van der Waals surface area contributed by atoms with E-state index < -0.39 is 0 Å². The lowest BCUT2D eigenvalue weighted by molar-refractivity contribution is -0.115. The summed E-state index contributed by atoms with van der Waals surface area (Å²) >= 11 is 4.07. The number of aromatic nitrogens is 5. The van der Waals surface area contributed by atoms with Gasteiger partial charge in [0.15, 0.2) is 5.13 Å². The van der Waals surface area contributed by atoms with Gasteiger partial charge in [0, 0.05) is 11.1 Å². The van der Waals surface area contributed by atoms with Crippen molar-refractivity contribution in [2.45, 2.75) is 11.6 Å². The van der Waals surface area contributed by atoms with Gasteiger partial charge in [0.2, 0.25) is 11.1 Å². The number of rotatable bonds is 7. The third-order valence-corrected chi connectivity index (χ3v) is 6.15. The molecule has 0 spiro atoms. The highest BCUT2D eigenvalue weighted by atomic mass is 32.2. The molecule has 2 N–H and O–H groups in total. The number of tetrazole rings is 1. The van der Waals surface area contributed by atoms with Crippen LogP contribution in [0.15, 0.2) is 52.3 Å². The summed E-state index contributed by atoms with van der Waals surface area (Å²) in [7, 11) is 0. The van der Waals surface area contributed by atoms with Crippen molar-refractivity contribution in [2.24, 2.45) is 0 Å². The maximum atomic E-state index is 12.4. The molecule has 3 heterocycles. The topological polar surface area (TPSA) is 115 Å². The second-order valence-electron chi connectivity index (χ2n) is 5.93. The summed E-state index contributed by atoms with van der Waals surface area (Å²) in [6.07, 6.45) is 1.98. The van der Waals surface area contributed by atoms with Crippen LogP contribution in [0.5, 0.6) is 0 Å². The molecule has 152 valence electrons. The molecule has 1 aromatic carbocycles. The number of thiophene rings is 1. The zero-order valence-electron chi connectivity index (χ0n) is 15.6. The normalized spacial score (nSPS) is 10.7. The van der Waals surface area contributed by atoms with Gasteiger partial charge in [0.05, 0.1) is 22.7 Å². The van der Waals surface area contributed by atoms with Crippen LogP contribution < -0.4 is 10.6 Å². The first-order chi connectivity index (χ1) is 14.6. The largest absolute Gasteiger partial charge is 0.326 e. The second-order valence-corrected chi connectivity index (χ2v) is 8.51. The molecule has 3 aromatic heterocycles. The molecule has 0 saturated carbocycles. The Balaban J connectivity index is 1.38. The fourth-order valence-electron chi connectivity index (χ4n) is 2.57. The predicted octanol–water partition coefficient (Wildman–Crippen LogP) is 3.34. The minimum absolute atomic E-state index is 0.0938. The van der Waals surface area contributed by atoms with Gasteiger partial charge in [-0.15, -0.1) is 27.8 Å². The van der Waals surface area contributed by atoms with E-state index in [9.17, 15) is 9.59 Å². The lowest BCUT2D eigenvalue weighted by atomic mass is 10.2. The summed E-state index contributed by atoms with van der Waals surface area (Å²) in [6.45, 7) is 0. The van der Waals surface area contributed by atoms with E-state index in [0.29, 0.717) is 26.5 Å². The van der Waals surface area contributed by atoms with Crippen LogP contribution >= 0.6 is 34.4 Å². The van der Waals surface area contributed by atoms with Gasteiger partial charge in [0.25, 0.3) is 5.91 Å². The van der Waals surface area contributed by atoms with E-state index in [1.165, 1.54) is 34.4 Å². The van der Waals surface area contributed by atoms with Crippen molar-refractivity contribution < 1.29 is 9.59 Å². The van der Waals surface area contributed by atoms with Gasteiger partial charge in [0.1, 0.15) is 0 Å². The van der Waals surface area contributed by atoms with Crippen molar-refractivity contribution in [1.29, 1.82) is 0 Å². The Kier molecular flexibility index (Phi) is 6.16. The summed E-state index contributed by atoms with van der Waals surface area (Å²) in [6, 6.07) is 10.8. The van der Waals surface area contributed by atoms with Crippen LogP contribution in [0.25, 0.3) is 5.69 Å². The van der Waals surface area contributed by atoms with Gasteiger partial charge in [-0.25, -0.2) is 4.98 Å². The Morgan fingerprint density at radius 1 is 1.17 bits per heavy atom. The minimum atomic E-state index is -0.213. The molecular weight excluding hydrogens is 442 g/mol. The summed E-state index contributed by atoms with van der Waals surface area (Å²) in [5.41, 5.74) is 1.95. The van der Waals surface area contributed by atoms with Crippen molar-refractivity contribution in [1.82, 2.24) is 25.2 Å². The highest BCUT2D eigenvalue weighted by Gasteiger charge is 2.13. The van der Waals surface area contributed by atoms with Crippen LogP contribution in [0.3, 0.4) is 0 Å². The van der Waals surface area contributed by atoms with E-state index in [0.717, 1.165) is 5.69 Å². The van der Waals surface area contributed by atoms with Gasteiger partial charge in [-0.3, -0.25) is 14.9 Å². The first-order valence-electron chi connectivity index (χ1n) is 8.64. The zero-order valence-corrected chi connectivity index (χ0v) is 18.1. The lowest BCUT2D eigenvalue weighted by Crippen LogP contribution is -2.15. The molecule has 2 amide bonds.